The van der Waals surface area contributed by atoms with Crippen LogP contribution < -0.4 is 0 Å². The number of rotatable bonds is 2. The molecule has 0 aromatic heterocycles. The highest BCUT2D eigenvalue weighted by molar-refractivity contribution is 6.35. The van der Waals surface area contributed by atoms with Gasteiger partial charge in [0, 0.05) is 0 Å². The highest BCUT2D eigenvalue weighted by Crippen LogP contribution is 2.27. The van der Waals surface area contributed by atoms with E-state index in [9.17, 15) is 13.2 Å². The smallest absolute Gasteiger partial charge is 0.384 e. The van der Waals surface area contributed by atoms with Crippen molar-refractivity contribution in [1.82, 2.24) is 0 Å². The Hall–Kier alpha value is -0.185. The third kappa shape index (κ3) is 2.60. The minimum absolute atomic E-state index is 0.833. The van der Waals surface area contributed by atoms with Crippen LogP contribution in [0.4, 0.5) is 13.2 Å². The molecule has 5 heteroatoms. The van der Waals surface area contributed by atoms with E-state index in [2.05, 4.69) is 0 Å². The van der Waals surface area contributed by atoms with E-state index in [1.807, 2.05) is 0 Å². The number of alkyl halides is 3. The molecule has 0 amide bonds. The van der Waals surface area contributed by atoms with Crippen molar-refractivity contribution in [3.63, 3.8) is 0 Å². The average Bonchev–Trinajstić information content (AvgIpc) is 1.83. The van der Waals surface area contributed by atoms with Crippen LogP contribution in [0.1, 0.15) is 6.92 Å². The predicted octanol–water partition coefficient (Wildman–Crippen LogP) is 1.47. The number of halogens is 3. The Bertz CT molecular complexity index is 104. The van der Waals surface area contributed by atoms with Crippen LogP contribution in [-0.4, -0.2) is 24.7 Å². The maximum Gasteiger partial charge on any atom is 0.413 e. The van der Waals surface area contributed by atoms with Gasteiger partial charge in [-0.2, -0.15) is 13.2 Å². The van der Waals surface area contributed by atoms with Crippen LogP contribution in [0.15, 0.2) is 0 Å². The molecule has 0 rings (SSSR count). The van der Waals surface area contributed by atoms with Gasteiger partial charge in [-0.15, -0.1) is 0 Å². The van der Waals surface area contributed by atoms with Crippen molar-refractivity contribution < 1.29 is 18.3 Å². The van der Waals surface area contributed by atoms with E-state index in [1.165, 1.54) is 21.0 Å². The fourth-order valence-corrected chi connectivity index (χ4v) is 0.480. The molecule has 2 atom stereocenters. The van der Waals surface area contributed by atoms with Crippen LogP contribution in [0.2, 0.25) is 12.6 Å². The van der Waals surface area contributed by atoms with Crippen molar-refractivity contribution in [2.75, 3.05) is 0 Å². The number of hydrogen-bond donors (Lipinski definition) is 1. The molecule has 1 unspecified atom stereocenters. The third-order valence-electron chi connectivity index (χ3n) is 1.36. The Labute approximate surface area is 58.5 Å². The quantitative estimate of drug-likeness (QED) is 0.595. The van der Waals surface area contributed by atoms with E-state index in [0.717, 1.165) is 0 Å². The van der Waals surface area contributed by atoms with Crippen LogP contribution in [0, 0.1) is 0 Å². The normalized spacial score (nSPS) is 18.2. The summed E-state index contributed by atoms with van der Waals surface area (Å²) in [4.78, 5) is 0. The largest absolute Gasteiger partial charge is 0.413 e. The first-order valence-corrected chi connectivity index (χ1v) is 2.94. The van der Waals surface area contributed by atoms with Gasteiger partial charge in [0.05, 0.1) is 0 Å². The highest BCUT2D eigenvalue weighted by atomic mass is 19.4. The molecule has 10 heavy (non-hydrogen) atoms. The zero-order valence-electron chi connectivity index (χ0n) is 5.81. The van der Waals surface area contributed by atoms with Crippen LogP contribution >= 0.6 is 0 Å². The molecule has 0 aromatic rings. The van der Waals surface area contributed by atoms with Gasteiger partial charge in [-0.05, 0) is 5.82 Å². The second kappa shape index (κ2) is 3.28. The molecule has 1 radical (unpaired) electrons. The van der Waals surface area contributed by atoms with Crippen molar-refractivity contribution in [1.29, 1.82) is 0 Å². The molecule has 0 heterocycles. The van der Waals surface area contributed by atoms with Gasteiger partial charge in [-0.1, -0.05) is 13.7 Å². The Kier molecular flexibility index (Phi) is 3.22. The first-order valence-electron chi connectivity index (χ1n) is 2.94. The standard InChI is InChI=1S/C5H9BF3O/c1-3(6-2)4(10)5(7,8)9/h3-4,10H,1-2H3/t3-,4?/m0/s1. The van der Waals surface area contributed by atoms with E-state index in [0.29, 0.717) is 0 Å². The predicted molar refractivity (Wildman–Crippen MR) is 33.1 cm³/mol. The molecule has 0 aromatic carbocycles. The van der Waals surface area contributed by atoms with Gasteiger partial charge >= 0.3 is 6.18 Å². The molecule has 0 bridgehead atoms. The van der Waals surface area contributed by atoms with E-state index < -0.39 is 18.1 Å². The lowest BCUT2D eigenvalue weighted by Gasteiger charge is -2.19. The summed E-state index contributed by atoms with van der Waals surface area (Å²) in [5.74, 6) is -0.833. The maximum atomic E-state index is 11.6. The lowest BCUT2D eigenvalue weighted by atomic mass is 9.65. The molecule has 1 nitrogen and oxygen atoms in total. The fraction of sp³-hybridized carbons (Fsp3) is 1.00. The van der Waals surface area contributed by atoms with Crippen LogP contribution in [0.5, 0.6) is 0 Å². The summed E-state index contributed by atoms with van der Waals surface area (Å²) in [6.07, 6.45) is -6.72. The van der Waals surface area contributed by atoms with Gasteiger partial charge in [-0.3, -0.25) is 0 Å². The Balaban J connectivity index is 3.94. The van der Waals surface area contributed by atoms with Crippen molar-refractivity contribution >= 4 is 7.28 Å². The Morgan fingerprint density at radius 2 is 1.80 bits per heavy atom. The minimum atomic E-state index is -4.49. The van der Waals surface area contributed by atoms with Crippen molar-refractivity contribution in [2.24, 2.45) is 0 Å². The molecule has 0 aliphatic rings. The first-order chi connectivity index (χ1) is 4.39. The lowest BCUT2D eigenvalue weighted by Crippen LogP contribution is -2.33. The highest BCUT2D eigenvalue weighted by Gasteiger charge is 2.40. The summed E-state index contributed by atoms with van der Waals surface area (Å²) in [6.45, 7) is 2.80. The van der Waals surface area contributed by atoms with Gasteiger partial charge in [0.1, 0.15) is 13.4 Å². The molecule has 0 aliphatic heterocycles. The average molecular weight is 153 g/mol. The molecule has 0 aliphatic carbocycles. The van der Waals surface area contributed by atoms with Crippen molar-refractivity contribution in [3.05, 3.63) is 0 Å². The molecule has 1 N–H and O–H groups in total. The molecule has 0 fully saturated rings. The topological polar surface area (TPSA) is 20.2 Å². The van der Waals surface area contributed by atoms with Gasteiger partial charge < -0.3 is 5.11 Å². The zero-order chi connectivity index (χ0) is 8.36. The fourth-order valence-electron chi connectivity index (χ4n) is 0.480. The summed E-state index contributed by atoms with van der Waals surface area (Å²) < 4.78 is 34.8. The van der Waals surface area contributed by atoms with E-state index >= 15 is 0 Å². The Morgan fingerprint density at radius 1 is 1.40 bits per heavy atom. The SMILES string of the molecule is C[B][C@@H](C)C(O)C(F)(F)F. The summed E-state index contributed by atoms with van der Waals surface area (Å²) in [6, 6.07) is 0. The van der Waals surface area contributed by atoms with Crippen LogP contribution in [-0.2, 0) is 0 Å². The molecule has 0 saturated carbocycles. The number of aliphatic hydroxyl groups excluding tert-OH is 1. The van der Waals surface area contributed by atoms with Gasteiger partial charge in [0.25, 0.3) is 0 Å². The molecular formula is C5H9BF3O. The van der Waals surface area contributed by atoms with Crippen molar-refractivity contribution in [3.8, 4) is 0 Å². The number of hydrogen-bond acceptors (Lipinski definition) is 1. The minimum Gasteiger partial charge on any atom is -0.384 e. The van der Waals surface area contributed by atoms with E-state index in [-0.39, 0.29) is 0 Å². The monoisotopic (exact) mass is 153 g/mol. The van der Waals surface area contributed by atoms with E-state index in [4.69, 9.17) is 5.11 Å². The Morgan fingerprint density at radius 3 is 1.90 bits per heavy atom. The summed E-state index contributed by atoms with van der Waals surface area (Å²) >= 11 is 0. The number of aliphatic hydroxyl groups is 1. The van der Waals surface area contributed by atoms with Crippen LogP contribution in [0.25, 0.3) is 0 Å². The van der Waals surface area contributed by atoms with E-state index in [1.54, 1.807) is 0 Å². The van der Waals surface area contributed by atoms with Gasteiger partial charge in [0.15, 0.2) is 0 Å². The van der Waals surface area contributed by atoms with Crippen molar-refractivity contribution in [2.45, 2.75) is 31.8 Å². The van der Waals surface area contributed by atoms with Gasteiger partial charge in [0.2, 0.25) is 0 Å². The lowest BCUT2D eigenvalue weighted by molar-refractivity contribution is -0.203. The van der Waals surface area contributed by atoms with Gasteiger partial charge in [-0.25, -0.2) is 0 Å². The summed E-state index contributed by atoms with van der Waals surface area (Å²) in [5.41, 5.74) is 0. The molecule has 0 spiro atoms. The third-order valence-corrected chi connectivity index (χ3v) is 1.36. The summed E-state index contributed by atoms with van der Waals surface area (Å²) in [5, 5.41) is 8.50. The molecule has 0 saturated heterocycles. The maximum absolute atomic E-state index is 11.6. The molecular weight excluding hydrogens is 144 g/mol. The summed E-state index contributed by atoms with van der Waals surface area (Å²) in [7, 11) is 1.32. The second-order valence-electron chi connectivity index (χ2n) is 2.18. The first kappa shape index (κ1) is 9.81. The van der Waals surface area contributed by atoms with Crippen LogP contribution in [0.3, 0.4) is 0 Å². The molecule has 59 valence electrons. The zero-order valence-corrected chi connectivity index (χ0v) is 5.81. The second-order valence-corrected chi connectivity index (χ2v) is 2.18.